The van der Waals surface area contributed by atoms with Gasteiger partial charge in [0.2, 0.25) is 65.0 Å². The van der Waals surface area contributed by atoms with Crippen LogP contribution in [0.1, 0.15) is 137 Å². The van der Waals surface area contributed by atoms with Gasteiger partial charge < -0.3 is 101 Å². The summed E-state index contributed by atoms with van der Waals surface area (Å²) in [6.45, 7) is 9.67. The van der Waals surface area contributed by atoms with Crippen LogP contribution in [0, 0.1) is 17.8 Å². The number of aromatic nitrogens is 2. The highest BCUT2D eigenvalue weighted by molar-refractivity contribution is 7.98. The number of nitrogens with zero attached hydrogens (tertiary/aromatic N) is 3. The summed E-state index contributed by atoms with van der Waals surface area (Å²) in [5.74, 6) is -14.7. The zero-order chi connectivity index (χ0) is 73.1. The molecule has 1 aliphatic rings. The number of guanidine groups is 1. The van der Waals surface area contributed by atoms with Crippen LogP contribution in [-0.4, -0.2) is 229 Å². The molecular formula is C60H102N18O17S2. The van der Waals surface area contributed by atoms with Crippen molar-refractivity contribution in [3.8, 4) is 0 Å². The largest absolute Gasteiger partial charge is 0.481 e. The van der Waals surface area contributed by atoms with Gasteiger partial charge in [-0.25, -0.2) is 9.78 Å². The Balaban J connectivity index is 2.43. The summed E-state index contributed by atoms with van der Waals surface area (Å²) in [4.78, 5) is 201. The second-order valence-electron chi connectivity index (χ2n) is 24.4. The maximum atomic E-state index is 14.8. The number of carboxylic acids is 3. The quantitative estimate of drug-likeness (QED) is 0.0129. The molecule has 0 saturated carbocycles. The van der Waals surface area contributed by atoms with Crippen molar-refractivity contribution in [2.75, 3.05) is 43.9 Å². The lowest BCUT2D eigenvalue weighted by Crippen LogP contribution is -2.61. The van der Waals surface area contributed by atoms with Gasteiger partial charge in [0, 0.05) is 50.0 Å². The Hall–Kier alpha value is -8.32. The number of unbranched alkanes of at least 4 members (excludes halogenated alkanes) is 1. The number of nitrogens with two attached hydrogens (primary N) is 4. The first-order chi connectivity index (χ1) is 45.8. The molecule has 546 valence electrons. The van der Waals surface area contributed by atoms with Gasteiger partial charge in [0.25, 0.3) is 0 Å². The number of nitrogens with one attached hydrogen (secondary N) is 11. The summed E-state index contributed by atoms with van der Waals surface area (Å²) in [6, 6.07) is -14.9. The van der Waals surface area contributed by atoms with Crippen LogP contribution in [0.2, 0.25) is 0 Å². The number of aliphatic imine (C=N–C) groups is 1. The number of hydrogen-bond donors (Lipinski definition) is 19. The minimum Gasteiger partial charge on any atom is -0.481 e. The van der Waals surface area contributed by atoms with Crippen LogP contribution < -0.4 is 76.1 Å². The molecule has 0 bridgehead atoms. The zero-order valence-corrected chi connectivity index (χ0v) is 57.9. The van der Waals surface area contributed by atoms with E-state index in [0.717, 1.165) is 0 Å². The van der Waals surface area contributed by atoms with E-state index in [4.69, 9.17) is 22.9 Å². The molecule has 0 aromatic carbocycles. The first-order valence-electron chi connectivity index (χ1n) is 32.3. The molecule has 1 aromatic heterocycles. The lowest BCUT2D eigenvalue weighted by Gasteiger charge is -2.32. The Labute approximate surface area is 573 Å². The van der Waals surface area contributed by atoms with E-state index in [1.807, 2.05) is 0 Å². The number of thiol groups is 1. The third-order valence-corrected chi connectivity index (χ3v) is 16.8. The van der Waals surface area contributed by atoms with Crippen LogP contribution in [0.15, 0.2) is 17.5 Å². The van der Waals surface area contributed by atoms with Crippen molar-refractivity contribution in [3.05, 3.63) is 18.2 Å². The van der Waals surface area contributed by atoms with Crippen molar-refractivity contribution >= 4 is 113 Å². The van der Waals surface area contributed by atoms with Gasteiger partial charge in [-0.2, -0.15) is 24.4 Å². The van der Waals surface area contributed by atoms with Crippen LogP contribution in [0.5, 0.6) is 0 Å². The van der Waals surface area contributed by atoms with Gasteiger partial charge in [-0.3, -0.25) is 67.3 Å². The van der Waals surface area contributed by atoms with Crippen LogP contribution in [0.4, 0.5) is 0 Å². The number of likely N-dealkylation sites (tertiary alicyclic amines) is 1. The number of H-pyrrole nitrogens is 1. The van der Waals surface area contributed by atoms with Gasteiger partial charge in [0.1, 0.15) is 60.4 Å². The maximum absolute atomic E-state index is 14.8. The lowest BCUT2D eigenvalue weighted by atomic mass is 9.97. The second kappa shape index (κ2) is 44.5. The second-order valence-corrected chi connectivity index (χ2v) is 25.8. The average molecular weight is 1410 g/mol. The molecular weight excluding hydrogens is 1310 g/mol. The van der Waals surface area contributed by atoms with E-state index in [1.54, 1.807) is 47.8 Å². The third-order valence-electron chi connectivity index (χ3n) is 15.7. The van der Waals surface area contributed by atoms with Gasteiger partial charge in [-0.1, -0.05) is 48.0 Å². The fraction of sp³-hybridized carbons (Fsp3) is 0.700. The summed E-state index contributed by atoms with van der Waals surface area (Å²) in [5, 5.41) is 54.3. The van der Waals surface area contributed by atoms with Crippen LogP contribution in [0.3, 0.4) is 0 Å². The Morgan fingerprint density at radius 3 is 1.72 bits per heavy atom. The van der Waals surface area contributed by atoms with E-state index in [2.05, 4.69) is 80.8 Å². The number of aliphatic carboxylic acids is 3. The molecule has 0 spiro atoms. The van der Waals surface area contributed by atoms with Crippen molar-refractivity contribution < 1.29 is 82.4 Å². The molecule has 35 nitrogen and oxygen atoms in total. The Kier molecular flexibility index (Phi) is 38.9. The molecule has 0 radical (unpaired) electrons. The van der Waals surface area contributed by atoms with E-state index >= 15 is 0 Å². The highest BCUT2D eigenvalue weighted by Gasteiger charge is 2.42. The Morgan fingerprint density at radius 2 is 1.20 bits per heavy atom. The number of thioether (sulfide) groups is 1. The number of carbonyl (C=O) groups is 14. The standard InChI is InChI=1S/C60H102N18O17S2/c1-8-33(6)48(76-44(79)28-67-50(85)38(16-18-45(80)81)69-49(84)35(62)29-96)57(92)74-41(26-34-27-65-30-68-34)58(93)78-23-12-15-43(78)55(90)72-36(13-9-10-21-61)54(89)77-47(32(4)5)56(91)73-40(20-24-97-7)53(88)71-39(17-19-46(82)83)52(87)70-37(14-11-22-66-60(63)64)51(86)75-42(59(94)95)25-31(2)3/h27,30-33,35-43,47-48,96H,8-26,28-29,61-62H2,1-7H3,(H,65,68)(H,67,85)(H,69,84)(H,70,87)(H,71,88)(H,72,90)(H,73,91)(H,74,92)(H,75,86)(H,76,79)(H,77,89)(H,80,81)(H,82,83)(H,94,95)(H4,63,64,66)/t33-,35-,36-,37-,38-,39-,40-,41-,42-,43-,47-,48-/m0/s1. The summed E-state index contributed by atoms with van der Waals surface area (Å²) in [5.41, 5.74) is 22.9. The first-order valence-corrected chi connectivity index (χ1v) is 34.4. The molecule has 12 atom stereocenters. The zero-order valence-electron chi connectivity index (χ0n) is 56.2. The highest BCUT2D eigenvalue weighted by Crippen LogP contribution is 2.22. The molecule has 11 amide bonds. The summed E-state index contributed by atoms with van der Waals surface area (Å²) >= 11 is 5.28. The number of carbonyl (C=O) groups excluding carboxylic acids is 11. The molecule has 22 N–H and O–H groups in total. The van der Waals surface area contributed by atoms with Crippen molar-refractivity contribution in [2.45, 2.75) is 204 Å². The van der Waals surface area contributed by atoms with E-state index in [-0.39, 0.29) is 94.4 Å². The molecule has 2 heterocycles. The average Bonchev–Trinajstić information content (AvgIpc) is 1.75. The maximum Gasteiger partial charge on any atom is 0.326 e. The molecule has 37 heteroatoms. The lowest BCUT2D eigenvalue weighted by molar-refractivity contribution is -0.143. The van der Waals surface area contributed by atoms with Crippen molar-refractivity contribution in [1.29, 1.82) is 0 Å². The van der Waals surface area contributed by atoms with Crippen molar-refractivity contribution in [3.63, 3.8) is 0 Å². The van der Waals surface area contributed by atoms with Gasteiger partial charge in [0.15, 0.2) is 5.96 Å². The Morgan fingerprint density at radius 1 is 0.670 bits per heavy atom. The van der Waals surface area contributed by atoms with E-state index in [9.17, 15) is 82.4 Å². The number of amides is 11. The third kappa shape index (κ3) is 31.2. The van der Waals surface area contributed by atoms with Gasteiger partial charge in [0.05, 0.1) is 18.9 Å². The highest BCUT2D eigenvalue weighted by atomic mass is 32.2. The van der Waals surface area contributed by atoms with Crippen LogP contribution >= 0.6 is 24.4 Å². The Bertz CT molecular complexity index is 2830. The smallest absolute Gasteiger partial charge is 0.326 e. The molecule has 97 heavy (non-hydrogen) atoms. The number of aromatic amines is 1. The van der Waals surface area contributed by atoms with E-state index in [0.29, 0.717) is 31.4 Å². The topological polar surface area (TPSA) is 568 Å². The molecule has 1 saturated heterocycles. The SMILES string of the molecule is CC[C@H](C)[C@H](NC(=O)CNC(=O)[C@H](CCC(=O)O)NC(=O)[C@@H](N)CS)C(=O)N[C@@H](Cc1cnc[nH]1)C(=O)N1CCC[C@H]1C(=O)N[C@@H](CCCCN)C(=O)N[C@H](C(=O)N[C@@H](CCSC)C(=O)N[C@@H](CCC(=O)O)C(=O)N[C@@H](CCCN=C(N)N)C(=O)N[C@@H](CC(C)C)C(=O)O)C(C)C. The molecule has 1 aliphatic heterocycles. The fourth-order valence-corrected chi connectivity index (χ4v) is 10.7. The van der Waals surface area contributed by atoms with Gasteiger partial charge in [-0.15, -0.1) is 0 Å². The number of hydrogen-bond acceptors (Lipinski definition) is 20. The van der Waals surface area contributed by atoms with Crippen molar-refractivity contribution in [1.82, 2.24) is 68.0 Å². The van der Waals surface area contributed by atoms with E-state index in [1.165, 1.54) is 29.2 Å². The molecule has 0 aliphatic carbocycles. The number of carboxylic acid groups (broad SMARTS) is 3. The predicted molar refractivity (Wildman–Crippen MR) is 360 cm³/mol. The molecule has 2 rings (SSSR count). The first kappa shape index (κ1) is 84.8. The fourth-order valence-electron chi connectivity index (χ4n) is 10.1. The normalized spacial score (nSPS) is 16.2. The minimum absolute atomic E-state index is 0.00912. The van der Waals surface area contributed by atoms with Crippen molar-refractivity contribution in [2.24, 2.45) is 45.7 Å². The molecule has 1 fully saturated rings. The molecule has 1 aromatic rings. The summed E-state index contributed by atoms with van der Waals surface area (Å²) in [7, 11) is 0. The van der Waals surface area contributed by atoms with Crippen LogP contribution in [-0.2, 0) is 73.5 Å². The molecule has 0 unspecified atom stereocenters. The minimum atomic E-state index is -1.62. The summed E-state index contributed by atoms with van der Waals surface area (Å²) in [6.07, 6.45) is 3.85. The monoisotopic (exact) mass is 1410 g/mol. The van der Waals surface area contributed by atoms with Crippen LogP contribution in [0.25, 0.3) is 0 Å². The van der Waals surface area contributed by atoms with Gasteiger partial charge >= 0.3 is 17.9 Å². The summed E-state index contributed by atoms with van der Waals surface area (Å²) < 4.78 is 0. The van der Waals surface area contributed by atoms with Gasteiger partial charge in [-0.05, 0) is 107 Å². The number of rotatable bonds is 47. The van der Waals surface area contributed by atoms with E-state index < -0.39 is 187 Å². The number of imidazole rings is 1. The predicted octanol–water partition coefficient (Wildman–Crippen LogP) is -3.82.